The van der Waals surface area contributed by atoms with Crippen molar-refractivity contribution in [1.82, 2.24) is 9.47 Å². The van der Waals surface area contributed by atoms with Gasteiger partial charge >= 0.3 is 6.09 Å². The van der Waals surface area contributed by atoms with Gasteiger partial charge in [0.05, 0.1) is 0 Å². The summed E-state index contributed by atoms with van der Waals surface area (Å²) >= 11 is 3.65. The molecule has 0 unspecified atom stereocenters. The number of amides is 1. The number of hydrogen-bond donors (Lipinski definition) is 0. The van der Waals surface area contributed by atoms with Gasteiger partial charge < -0.3 is 14.2 Å². The van der Waals surface area contributed by atoms with Gasteiger partial charge in [0.1, 0.15) is 5.75 Å². The van der Waals surface area contributed by atoms with E-state index in [4.69, 9.17) is 4.74 Å². The largest absolute Gasteiger partial charge is 0.415 e. The normalized spacial score (nSPS) is 11.0. The van der Waals surface area contributed by atoms with E-state index in [1.165, 1.54) is 11.1 Å². The molecule has 4 nitrogen and oxygen atoms in total. The van der Waals surface area contributed by atoms with E-state index in [9.17, 15) is 4.79 Å². The predicted molar refractivity (Wildman–Crippen MR) is 134 cm³/mol. The second-order valence-electron chi connectivity index (χ2n) is 7.81. The van der Waals surface area contributed by atoms with Gasteiger partial charge in [0.2, 0.25) is 0 Å². The van der Waals surface area contributed by atoms with Crippen LogP contribution in [0, 0.1) is 6.92 Å². The quantitative estimate of drug-likeness (QED) is 0.284. The standard InChI is InChI=1S/C27H27BrN2O2/c1-4-29(5-2)27(31)32-25-15-14-24-22(26(25)20-12-10-19(3)11-13-20)16-17-30(24)18-21-8-6-7-9-23(21)28/h6-17H,4-5,18H2,1-3H3. The third-order valence-corrected chi connectivity index (χ3v) is 6.55. The fraction of sp³-hybridized carbons (Fsp3) is 0.222. The van der Waals surface area contributed by atoms with Crippen LogP contribution in [0.4, 0.5) is 4.79 Å². The van der Waals surface area contributed by atoms with E-state index in [1.807, 2.05) is 38.1 Å². The summed E-state index contributed by atoms with van der Waals surface area (Å²) in [6, 6.07) is 22.7. The summed E-state index contributed by atoms with van der Waals surface area (Å²) in [5, 5.41) is 1.06. The maximum absolute atomic E-state index is 12.7. The molecule has 0 fully saturated rings. The number of ether oxygens (including phenoxy) is 1. The van der Waals surface area contributed by atoms with E-state index >= 15 is 0 Å². The molecular weight excluding hydrogens is 464 g/mol. The highest BCUT2D eigenvalue weighted by molar-refractivity contribution is 9.10. The molecule has 4 aromatic rings. The molecule has 0 saturated carbocycles. The molecule has 0 saturated heterocycles. The van der Waals surface area contributed by atoms with Gasteiger partial charge in [-0.3, -0.25) is 0 Å². The molecule has 4 rings (SSSR count). The average Bonchev–Trinajstić information content (AvgIpc) is 3.19. The topological polar surface area (TPSA) is 34.5 Å². The van der Waals surface area contributed by atoms with Crippen LogP contribution in [0.1, 0.15) is 25.0 Å². The number of rotatable bonds is 6. The summed E-state index contributed by atoms with van der Waals surface area (Å²) in [7, 11) is 0. The SMILES string of the molecule is CCN(CC)C(=O)Oc1ccc2c(ccn2Cc2ccccc2Br)c1-c1ccc(C)cc1. The van der Waals surface area contributed by atoms with Crippen LogP contribution in [0.3, 0.4) is 0 Å². The van der Waals surface area contributed by atoms with Crippen molar-refractivity contribution in [2.45, 2.75) is 27.3 Å². The van der Waals surface area contributed by atoms with Crippen molar-refractivity contribution in [3.8, 4) is 16.9 Å². The molecule has 5 heteroatoms. The van der Waals surface area contributed by atoms with Crippen LogP contribution in [-0.4, -0.2) is 28.6 Å². The molecule has 0 spiro atoms. The summed E-state index contributed by atoms with van der Waals surface area (Å²) in [6.45, 7) is 7.95. The van der Waals surface area contributed by atoms with Gasteiger partial charge in [-0.15, -0.1) is 0 Å². The van der Waals surface area contributed by atoms with E-state index in [1.54, 1.807) is 4.90 Å². The first-order valence-corrected chi connectivity index (χ1v) is 11.7. The van der Waals surface area contributed by atoms with E-state index in [0.29, 0.717) is 18.8 Å². The molecule has 0 radical (unpaired) electrons. The molecular formula is C27H27BrN2O2. The zero-order chi connectivity index (χ0) is 22.7. The van der Waals surface area contributed by atoms with Gasteiger partial charge in [-0.2, -0.15) is 0 Å². The summed E-state index contributed by atoms with van der Waals surface area (Å²) in [6.07, 6.45) is 1.77. The molecule has 164 valence electrons. The Bertz CT molecular complexity index is 1240. The first-order valence-electron chi connectivity index (χ1n) is 10.9. The number of hydrogen-bond acceptors (Lipinski definition) is 2. The Morgan fingerprint density at radius 2 is 1.69 bits per heavy atom. The van der Waals surface area contributed by atoms with Crippen molar-refractivity contribution in [2.75, 3.05) is 13.1 Å². The smallest absolute Gasteiger partial charge is 0.410 e. The zero-order valence-electron chi connectivity index (χ0n) is 18.6. The predicted octanol–water partition coefficient (Wildman–Crippen LogP) is 7.27. The van der Waals surface area contributed by atoms with Crippen molar-refractivity contribution in [3.63, 3.8) is 0 Å². The summed E-state index contributed by atoms with van der Waals surface area (Å²) < 4.78 is 9.21. The Hall–Kier alpha value is -3.05. The first-order chi connectivity index (χ1) is 15.5. The molecule has 0 aliphatic carbocycles. The number of halogens is 1. The Balaban J connectivity index is 1.82. The zero-order valence-corrected chi connectivity index (χ0v) is 20.2. The summed E-state index contributed by atoms with van der Waals surface area (Å²) in [4.78, 5) is 14.4. The van der Waals surface area contributed by atoms with Crippen LogP contribution in [0.15, 0.2) is 77.4 Å². The van der Waals surface area contributed by atoms with E-state index < -0.39 is 0 Å². The van der Waals surface area contributed by atoms with Crippen LogP contribution in [0.5, 0.6) is 5.75 Å². The number of carbonyl (C=O) groups is 1. The van der Waals surface area contributed by atoms with Crippen LogP contribution in [0.25, 0.3) is 22.0 Å². The maximum atomic E-state index is 12.7. The third kappa shape index (κ3) is 4.44. The van der Waals surface area contributed by atoms with Crippen LogP contribution >= 0.6 is 15.9 Å². The highest BCUT2D eigenvalue weighted by Crippen LogP contribution is 2.38. The van der Waals surface area contributed by atoms with Crippen molar-refractivity contribution in [3.05, 3.63) is 88.5 Å². The summed E-state index contributed by atoms with van der Waals surface area (Å²) in [5.74, 6) is 0.580. The lowest BCUT2D eigenvalue weighted by atomic mass is 9.99. The van der Waals surface area contributed by atoms with Gasteiger partial charge in [0.25, 0.3) is 0 Å². The lowest BCUT2D eigenvalue weighted by Gasteiger charge is -2.20. The van der Waals surface area contributed by atoms with Gasteiger partial charge in [0, 0.05) is 46.8 Å². The fourth-order valence-electron chi connectivity index (χ4n) is 3.94. The van der Waals surface area contributed by atoms with Crippen molar-refractivity contribution in [1.29, 1.82) is 0 Å². The van der Waals surface area contributed by atoms with E-state index in [2.05, 4.69) is 76.1 Å². The monoisotopic (exact) mass is 490 g/mol. The number of carbonyl (C=O) groups excluding carboxylic acids is 1. The van der Waals surface area contributed by atoms with Crippen molar-refractivity contribution in [2.24, 2.45) is 0 Å². The maximum Gasteiger partial charge on any atom is 0.415 e. The fourth-order valence-corrected chi connectivity index (χ4v) is 4.35. The lowest BCUT2D eigenvalue weighted by Crippen LogP contribution is -2.33. The molecule has 1 amide bonds. The molecule has 3 aromatic carbocycles. The minimum Gasteiger partial charge on any atom is -0.410 e. The Kier molecular flexibility index (Phi) is 6.66. The Morgan fingerprint density at radius 1 is 0.969 bits per heavy atom. The second kappa shape index (κ2) is 9.61. The van der Waals surface area contributed by atoms with Crippen LogP contribution < -0.4 is 4.74 Å². The van der Waals surface area contributed by atoms with Crippen LogP contribution in [-0.2, 0) is 6.54 Å². The Morgan fingerprint density at radius 3 is 2.38 bits per heavy atom. The number of aryl methyl sites for hydroxylation is 1. The molecule has 0 N–H and O–H groups in total. The highest BCUT2D eigenvalue weighted by Gasteiger charge is 2.19. The van der Waals surface area contributed by atoms with Crippen LogP contribution in [0.2, 0.25) is 0 Å². The number of nitrogens with zero attached hydrogens (tertiary/aromatic N) is 2. The van der Waals surface area contributed by atoms with Gasteiger partial charge in [-0.25, -0.2) is 4.79 Å². The molecule has 0 aliphatic rings. The van der Waals surface area contributed by atoms with E-state index in [0.717, 1.165) is 33.0 Å². The van der Waals surface area contributed by atoms with Gasteiger partial charge in [-0.05, 0) is 56.2 Å². The van der Waals surface area contributed by atoms with E-state index in [-0.39, 0.29) is 6.09 Å². The molecule has 1 aromatic heterocycles. The molecule has 32 heavy (non-hydrogen) atoms. The third-order valence-electron chi connectivity index (χ3n) is 5.77. The number of aromatic nitrogens is 1. The minimum atomic E-state index is -0.324. The lowest BCUT2D eigenvalue weighted by molar-refractivity contribution is 0.157. The first kappa shape index (κ1) is 22.2. The molecule has 0 bridgehead atoms. The number of benzene rings is 3. The molecule has 0 atom stereocenters. The minimum absolute atomic E-state index is 0.324. The number of fused-ring (bicyclic) bond motifs is 1. The Labute approximate surface area is 197 Å². The molecule has 1 heterocycles. The van der Waals surface area contributed by atoms with Crippen molar-refractivity contribution >= 4 is 32.9 Å². The highest BCUT2D eigenvalue weighted by atomic mass is 79.9. The molecule has 0 aliphatic heterocycles. The average molecular weight is 491 g/mol. The second-order valence-corrected chi connectivity index (χ2v) is 8.67. The van der Waals surface area contributed by atoms with Gasteiger partial charge in [0.15, 0.2) is 0 Å². The van der Waals surface area contributed by atoms with Crippen molar-refractivity contribution < 1.29 is 9.53 Å². The summed E-state index contributed by atoms with van der Waals surface area (Å²) in [5.41, 5.74) is 5.46. The van der Waals surface area contributed by atoms with Gasteiger partial charge in [-0.1, -0.05) is 64.0 Å².